The van der Waals surface area contributed by atoms with Crippen molar-refractivity contribution in [1.82, 2.24) is 9.88 Å². The van der Waals surface area contributed by atoms with E-state index in [9.17, 15) is 9.59 Å². The molecule has 0 radical (unpaired) electrons. The largest absolute Gasteiger partial charge is 0.496 e. The zero-order chi connectivity index (χ0) is 23.6. The van der Waals surface area contributed by atoms with Crippen LogP contribution in [0.25, 0.3) is 10.9 Å². The molecule has 1 N–H and O–H groups in total. The first-order chi connectivity index (χ1) is 16.4. The van der Waals surface area contributed by atoms with Gasteiger partial charge in [0.1, 0.15) is 5.75 Å². The molecular formula is C27H22BrN3O3. The van der Waals surface area contributed by atoms with Gasteiger partial charge in [-0.15, -0.1) is 0 Å². The Morgan fingerprint density at radius 1 is 1.00 bits per heavy atom. The first kappa shape index (κ1) is 21.0. The van der Waals surface area contributed by atoms with Crippen LogP contribution < -0.4 is 9.64 Å². The van der Waals surface area contributed by atoms with Crippen LogP contribution in [-0.2, 0) is 10.3 Å². The Labute approximate surface area is 205 Å². The van der Waals surface area contributed by atoms with Crippen LogP contribution in [0.3, 0.4) is 0 Å². The van der Waals surface area contributed by atoms with Crippen LogP contribution in [0.1, 0.15) is 29.7 Å². The van der Waals surface area contributed by atoms with Gasteiger partial charge in [-0.1, -0.05) is 52.3 Å². The number of carbonyl (C=O) groups excluding carboxylic acids is 2. The van der Waals surface area contributed by atoms with Gasteiger partial charge < -0.3 is 14.6 Å². The van der Waals surface area contributed by atoms with E-state index in [2.05, 4.69) is 27.0 Å². The molecule has 2 aliphatic heterocycles. The van der Waals surface area contributed by atoms with Crippen molar-refractivity contribution in [2.45, 2.75) is 18.4 Å². The molecule has 0 aliphatic carbocycles. The summed E-state index contributed by atoms with van der Waals surface area (Å²) in [5.41, 5.74) is 3.14. The highest BCUT2D eigenvalue weighted by Crippen LogP contribution is 2.51. The average Bonchev–Trinajstić information content (AvgIpc) is 3.34. The summed E-state index contributed by atoms with van der Waals surface area (Å²) in [5.74, 6) is 0.346. The lowest BCUT2D eigenvalue weighted by Gasteiger charge is -2.40. The summed E-state index contributed by atoms with van der Waals surface area (Å²) < 4.78 is 6.58. The standard InChI is InChI=1S/C27H22BrN3O3/c1-27-24-23(19-8-3-5-9-21(19)29-24)20(18-7-4-6-10-22(18)34-2)15-30(27)26(33)31(25(27)32)17-13-11-16(28)12-14-17/h3-14,20,29H,15H2,1-2H3/t20-,27+/m1/s1. The smallest absolute Gasteiger partial charge is 0.332 e. The minimum atomic E-state index is -1.14. The van der Waals surface area contributed by atoms with Gasteiger partial charge in [0.25, 0.3) is 5.91 Å². The lowest BCUT2D eigenvalue weighted by atomic mass is 9.78. The first-order valence-electron chi connectivity index (χ1n) is 11.1. The van der Waals surface area contributed by atoms with Gasteiger partial charge >= 0.3 is 6.03 Å². The Hall–Kier alpha value is -3.58. The number of hydrogen-bond acceptors (Lipinski definition) is 3. The highest BCUT2D eigenvalue weighted by molar-refractivity contribution is 9.10. The Kier molecular flexibility index (Phi) is 4.61. The van der Waals surface area contributed by atoms with Crippen molar-refractivity contribution < 1.29 is 14.3 Å². The number of rotatable bonds is 3. The summed E-state index contributed by atoms with van der Waals surface area (Å²) >= 11 is 3.43. The van der Waals surface area contributed by atoms with E-state index in [1.165, 1.54) is 4.90 Å². The Morgan fingerprint density at radius 2 is 1.71 bits per heavy atom. The zero-order valence-electron chi connectivity index (χ0n) is 18.7. The second-order valence-corrected chi connectivity index (χ2v) is 9.75. The fourth-order valence-electron chi connectivity index (χ4n) is 5.44. The lowest BCUT2D eigenvalue weighted by Crippen LogP contribution is -2.50. The number of aromatic nitrogens is 1. The maximum atomic E-state index is 14.0. The molecule has 2 aliphatic rings. The predicted molar refractivity (Wildman–Crippen MR) is 134 cm³/mol. The number of fused-ring (bicyclic) bond motifs is 5. The fourth-order valence-corrected chi connectivity index (χ4v) is 5.71. The maximum Gasteiger partial charge on any atom is 0.332 e. The van der Waals surface area contributed by atoms with Crippen LogP contribution in [0.15, 0.2) is 77.3 Å². The van der Waals surface area contributed by atoms with Crippen molar-refractivity contribution in [3.63, 3.8) is 0 Å². The number of amides is 3. The van der Waals surface area contributed by atoms with E-state index in [0.717, 1.165) is 37.9 Å². The quantitative estimate of drug-likeness (QED) is 0.352. The van der Waals surface area contributed by atoms with Crippen LogP contribution in [0, 0.1) is 0 Å². The van der Waals surface area contributed by atoms with Crippen molar-refractivity contribution in [1.29, 1.82) is 0 Å². The molecule has 7 heteroatoms. The number of H-pyrrole nitrogens is 1. The van der Waals surface area contributed by atoms with Crippen LogP contribution in [0.2, 0.25) is 0 Å². The number of carbonyl (C=O) groups is 2. The molecule has 1 fully saturated rings. The van der Waals surface area contributed by atoms with Crippen molar-refractivity contribution in [3.05, 3.63) is 94.1 Å². The minimum Gasteiger partial charge on any atom is -0.496 e. The molecule has 3 aromatic carbocycles. The molecule has 3 heterocycles. The normalized spacial score (nSPS) is 21.7. The van der Waals surface area contributed by atoms with Crippen molar-refractivity contribution in [3.8, 4) is 5.75 Å². The van der Waals surface area contributed by atoms with Gasteiger partial charge in [0.2, 0.25) is 0 Å². The van der Waals surface area contributed by atoms with E-state index in [0.29, 0.717) is 12.2 Å². The fraction of sp³-hybridized carbons (Fsp3) is 0.185. The molecule has 4 aromatic rings. The molecule has 170 valence electrons. The Bertz CT molecular complexity index is 1460. The molecule has 0 unspecified atom stereocenters. The van der Waals surface area contributed by atoms with Gasteiger partial charge in [-0.05, 0) is 48.9 Å². The van der Waals surface area contributed by atoms with Crippen molar-refractivity contribution in [2.75, 3.05) is 18.6 Å². The Balaban J connectivity index is 1.60. The summed E-state index contributed by atoms with van der Waals surface area (Å²) in [4.78, 5) is 34.2. The number of benzene rings is 3. The van der Waals surface area contributed by atoms with E-state index in [1.807, 2.05) is 61.5 Å². The number of imide groups is 1. The third-order valence-electron chi connectivity index (χ3n) is 7.13. The summed E-state index contributed by atoms with van der Waals surface area (Å²) in [6, 6.07) is 22.8. The van der Waals surface area contributed by atoms with E-state index in [1.54, 1.807) is 24.1 Å². The summed E-state index contributed by atoms with van der Waals surface area (Å²) in [7, 11) is 1.65. The average molecular weight is 516 g/mol. The second kappa shape index (κ2) is 7.46. The number of urea groups is 1. The van der Waals surface area contributed by atoms with E-state index in [4.69, 9.17) is 4.74 Å². The molecule has 0 bridgehead atoms. The molecular weight excluding hydrogens is 494 g/mol. The van der Waals surface area contributed by atoms with Crippen LogP contribution >= 0.6 is 15.9 Å². The highest BCUT2D eigenvalue weighted by Gasteiger charge is 2.60. The Morgan fingerprint density at radius 3 is 2.47 bits per heavy atom. The number of anilines is 1. The van der Waals surface area contributed by atoms with Crippen molar-refractivity contribution >= 4 is 44.5 Å². The van der Waals surface area contributed by atoms with E-state index in [-0.39, 0.29) is 17.9 Å². The van der Waals surface area contributed by atoms with Crippen LogP contribution in [0.5, 0.6) is 5.75 Å². The highest BCUT2D eigenvalue weighted by atomic mass is 79.9. The van der Waals surface area contributed by atoms with E-state index >= 15 is 0 Å². The van der Waals surface area contributed by atoms with Crippen molar-refractivity contribution in [2.24, 2.45) is 0 Å². The molecule has 6 nitrogen and oxygen atoms in total. The summed E-state index contributed by atoms with van der Waals surface area (Å²) in [5, 5.41) is 1.05. The number of para-hydroxylation sites is 2. The number of methoxy groups -OCH3 is 1. The minimum absolute atomic E-state index is 0.156. The van der Waals surface area contributed by atoms with Crippen LogP contribution in [0.4, 0.5) is 10.5 Å². The number of halogens is 1. The number of aromatic amines is 1. The maximum absolute atomic E-state index is 14.0. The summed E-state index contributed by atoms with van der Waals surface area (Å²) in [6.45, 7) is 2.21. The lowest BCUT2D eigenvalue weighted by molar-refractivity contribution is -0.125. The van der Waals surface area contributed by atoms with E-state index < -0.39 is 5.54 Å². The van der Waals surface area contributed by atoms with Gasteiger partial charge in [-0.3, -0.25) is 4.79 Å². The molecule has 6 rings (SSSR count). The predicted octanol–water partition coefficient (Wildman–Crippen LogP) is 5.77. The number of nitrogens with zero attached hydrogens (tertiary/aromatic N) is 2. The van der Waals surface area contributed by atoms with Gasteiger partial charge in [0, 0.05) is 33.4 Å². The molecule has 2 atom stereocenters. The third-order valence-corrected chi connectivity index (χ3v) is 7.66. The van der Waals surface area contributed by atoms with Gasteiger partial charge in [0.05, 0.1) is 18.5 Å². The van der Waals surface area contributed by atoms with Gasteiger partial charge in [-0.25, -0.2) is 9.69 Å². The molecule has 3 amide bonds. The summed E-state index contributed by atoms with van der Waals surface area (Å²) in [6.07, 6.45) is 0. The molecule has 1 aromatic heterocycles. The number of nitrogens with one attached hydrogen (secondary N) is 1. The van der Waals surface area contributed by atoms with Crippen LogP contribution in [-0.4, -0.2) is 35.5 Å². The molecule has 0 spiro atoms. The molecule has 34 heavy (non-hydrogen) atoms. The first-order valence-corrected chi connectivity index (χ1v) is 11.9. The SMILES string of the molecule is COc1ccccc1[C@H]1CN2C(=O)N(c3ccc(Br)cc3)C(=O)[C@]2(C)c2[nH]c3ccccc3c21. The topological polar surface area (TPSA) is 65.6 Å². The molecule has 1 saturated heterocycles. The zero-order valence-corrected chi connectivity index (χ0v) is 20.3. The van der Waals surface area contributed by atoms with Gasteiger partial charge in [0.15, 0.2) is 5.54 Å². The van der Waals surface area contributed by atoms with Gasteiger partial charge in [-0.2, -0.15) is 0 Å². The molecule has 0 saturated carbocycles. The number of ether oxygens (including phenoxy) is 1. The number of hydrogen-bond donors (Lipinski definition) is 1. The second-order valence-electron chi connectivity index (χ2n) is 8.84. The monoisotopic (exact) mass is 515 g/mol. The third kappa shape index (κ3) is 2.73.